The van der Waals surface area contributed by atoms with Crippen LogP contribution in [-0.2, 0) is 13.5 Å². The van der Waals surface area contributed by atoms with Gasteiger partial charge in [-0.1, -0.05) is 6.07 Å². The molecule has 0 radical (unpaired) electrons. The number of aromatic amines is 1. The zero-order valence-corrected chi connectivity index (χ0v) is 18.2. The van der Waals surface area contributed by atoms with Gasteiger partial charge in [-0.25, -0.2) is 0 Å². The zero-order chi connectivity index (χ0) is 22.2. The van der Waals surface area contributed by atoms with Gasteiger partial charge in [0, 0.05) is 48.9 Å². The van der Waals surface area contributed by atoms with Crippen LogP contribution in [0.25, 0.3) is 24.3 Å². The van der Waals surface area contributed by atoms with Crippen molar-refractivity contribution in [2.75, 3.05) is 13.7 Å². The molecule has 0 aliphatic heterocycles. The van der Waals surface area contributed by atoms with Crippen molar-refractivity contribution in [2.24, 2.45) is 7.05 Å². The summed E-state index contributed by atoms with van der Waals surface area (Å²) in [4.78, 5) is 4.31. The van der Waals surface area contributed by atoms with Gasteiger partial charge in [-0.05, 0) is 66.8 Å². The highest BCUT2D eigenvalue weighted by Gasteiger charge is 2.04. The van der Waals surface area contributed by atoms with Crippen LogP contribution in [0.2, 0.25) is 0 Å². The van der Waals surface area contributed by atoms with Crippen LogP contribution in [0.5, 0.6) is 11.5 Å². The maximum atomic E-state index is 5.87. The smallest absolute Gasteiger partial charge is 0.129 e. The van der Waals surface area contributed by atoms with Gasteiger partial charge in [0.25, 0.3) is 0 Å². The second kappa shape index (κ2) is 10.3. The van der Waals surface area contributed by atoms with Gasteiger partial charge in [-0.15, -0.1) is 0 Å². The molecule has 6 heteroatoms. The molecule has 0 amide bonds. The lowest BCUT2D eigenvalue weighted by molar-refractivity contribution is 0.317. The molecule has 1 N–H and O–H groups in total. The van der Waals surface area contributed by atoms with Crippen LogP contribution < -0.4 is 9.47 Å². The third-order valence-corrected chi connectivity index (χ3v) is 5.03. The molecule has 4 aromatic rings. The first kappa shape index (κ1) is 21.2. The molecule has 6 nitrogen and oxygen atoms in total. The van der Waals surface area contributed by atoms with Crippen molar-refractivity contribution in [2.45, 2.75) is 6.42 Å². The quantitative estimate of drug-likeness (QED) is 0.404. The van der Waals surface area contributed by atoms with E-state index in [-0.39, 0.29) is 0 Å². The van der Waals surface area contributed by atoms with Crippen molar-refractivity contribution in [3.05, 3.63) is 95.3 Å². The summed E-state index contributed by atoms with van der Waals surface area (Å²) in [5.74, 6) is 1.51. The van der Waals surface area contributed by atoms with Crippen molar-refractivity contribution >= 4 is 24.3 Å². The first-order valence-corrected chi connectivity index (χ1v) is 10.4. The van der Waals surface area contributed by atoms with Crippen LogP contribution in [0.3, 0.4) is 0 Å². The fourth-order valence-corrected chi connectivity index (χ4v) is 3.26. The summed E-state index contributed by atoms with van der Waals surface area (Å²) in [6.07, 6.45) is 12.6. The van der Waals surface area contributed by atoms with Crippen molar-refractivity contribution in [1.82, 2.24) is 19.7 Å². The van der Waals surface area contributed by atoms with Crippen LogP contribution in [0.15, 0.2) is 67.0 Å². The predicted octanol–water partition coefficient (Wildman–Crippen LogP) is 5.11. The number of aryl methyl sites for hydroxylation is 1. The van der Waals surface area contributed by atoms with E-state index >= 15 is 0 Å². The Morgan fingerprint density at radius 1 is 1.00 bits per heavy atom. The Morgan fingerprint density at radius 3 is 2.72 bits per heavy atom. The van der Waals surface area contributed by atoms with Crippen molar-refractivity contribution < 1.29 is 9.47 Å². The van der Waals surface area contributed by atoms with Crippen LogP contribution >= 0.6 is 0 Å². The molecule has 0 saturated heterocycles. The van der Waals surface area contributed by atoms with E-state index in [4.69, 9.17) is 9.47 Å². The van der Waals surface area contributed by atoms with E-state index in [1.165, 1.54) is 0 Å². The molecule has 1 aromatic carbocycles. The first-order valence-electron chi connectivity index (χ1n) is 10.4. The number of aromatic nitrogens is 4. The van der Waals surface area contributed by atoms with Gasteiger partial charge in [0.2, 0.25) is 0 Å². The lowest BCUT2D eigenvalue weighted by atomic mass is 10.1. The molecule has 0 aliphatic rings. The maximum Gasteiger partial charge on any atom is 0.129 e. The lowest BCUT2D eigenvalue weighted by Crippen LogP contribution is -2.03. The zero-order valence-electron chi connectivity index (χ0n) is 18.2. The molecule has 0 spiro atoms. The van der Waals surface area contributed by atoms with Gasteiger partial charge < -0.3 is 14.0 Å². The average Bonchev–Trinajstić information content (AvgIpc) is 3.45. The number of rotatable bonds is 9. The molecule has 0 unspecified atom stereocenters. The number of hydrogen-bond donors (Lipinski definition) is 1. The van der Waals surface area contributed by atoms with Crippen molar-refractivity contribution in [1.29, 1.82) is 0 Å². The van der Waals surface area contributed by atoms with E-state index in [0.29, 0.717) is 6.61 Å². The average molecular weight is 427 g/mol. The van der Waals surface area contributed by atoms with Gasteiger partial charge in [0.15, 0.2) is 0 Å². The number of benzene rings is 1. The SMILES string of the molecule is COc1cc(OCCc2ccccn2)ccc1C=Cc1cc(C=Cc2cccn2C)[nH]n1. The molecule has 0 bridgehead atoms. The molecule has 162 valence electrons. The molecule has 4 rings (SSSR count). The molecule has 32 heavy (non-hydrogen) atoms. The molecule has 0 saturated carbocycles. The van der Waals surface area contributed by atoms with Crippen LogP contribution in [0.1, 0.15) is 28.3 Å². The Balaban J connectivity index is 1.37. The number of pyridine rings is 1. The predicted molar refractivity (Wildman–Crippen MR) is 128 cm³/mol. The molecule has 0 fully saturated rings. The monoisotopic (exact) mass is 426 g/mol. The molecular formula is C26H26N4O2. The maximum absolute atomic E-state index is 5.87. The van der Waals surface area contributed by atoms with Crippen LogP contribution in [0, 0.1) is 0 Å². The largest absolute Gasteiger partial charge is 0.496 e. The van der Waals surface area contributed by atoms with E-state index in [1.807, 2.05) is 80.0 Å². The summed E-state index contributed by atoms with van der Waals surface area (Å²) in [5, 5.41) is 7.40. The van der Waals surface area contributed by atoms with Gasteiger partial charge in [-0.2, -0.15) is 5.10 Å². The highest BCUT2D eigenvalue weighted by molar-refractivity contribution is 5.73. The van der Waals surface area contributed by atoms with Crippen LogP contribution in [0.4, 0.5) is 0 Å². The summed E-state index contributed by atoms with van der Waals surface area (Å²) in [6.45, 7) is 0.557. The molecule has 0 aliphatic carbocycles. The van der Waals surface area contributed by atoms with E-state index < -0.39 is 0 Å². The fraction of sp³-hybridized carbons (Fsp3) is 0.154. The van der Waals surface area contributed by atoms with Gasteiger partial charge >= 0.3 is 0 Å². The summed E-state index contributed by atoms with van der Waals surface area (Å²) >= 11 is 0. The number of nitrogens with one attached hydrogen (secondary N) is 1. The minimum Gasteiger partial charge on any atom is -0.496 e. The van der Waals surface area contributed by atoms with Gasteiger partial charge in [0.1, 0.15) is 11.5 Å². The first-order chi connectivity index (χ1) is 15.7. The summed E-state index contributed by atoms with van der Waals surface area (Å²) < 4.78 is 13.5. The molecule has 3 aromatic heterocycles. The lowest BCUT2D eigenvalue weighted by Gasteiger charge is -2.10. The Kier molecular flexibility index (Phi) is 6.82. The van der Waals surface area contributed by atoms with Crippen LogP contribution in [-0.4, -0.2) is 33.5 Å². The summed E-state index contributed by atoms with van der Waals surface area (Å²) in [6, 6.07) is 17.8. The Hall–Kier alpha value is -4.06. The normalized spacial score (nSPS) is 11.4. The summed E-state index contributed by atoms with van der Waals surface area (Å²) in [7, 11) is 3.68. The third kappa shape index (κ3) is 5.55. The summed E-state index contributed by atoms with van der Waals surface area (Å²) in [5.41, 5.74) is 4.87. The molecule has 0 atom stereocenters. The standard InChI is InChI=1S/C26H26N4O2/c1-30-16-5-7-24(30)12-11-23-18-22(28-29-23)10-8-20-9-13-25(19-26(20)31-2)32-17-14-21-6-3-4-15-27-21/h3-13,15-16,18-19H,14,17H2,1-2H3,(H,28,29). The second-order valence-corrected chi connectivity index (χ2v) is 7.28. The minimum atomic E-state index is 0.557. The number of methoxy groups -OCH3 is 1. The van der Waals surface area contributed by atoms with E-state index in [9.17, 15) is 0 Å². The van der Waals surface area contributed by atoms with Gasteiger partial charge in [-0.3, -0.25) is 10.1 Å². The number of hydrogen-bond acceptors (Lipinski definition) is 4. The highest BCUT2D eigenvalue weighted by atomic mass is 16.5. The number of H-pyrrole nitrogens is 1. The Bertz CT molecular complexity index is 1210. The third-order valence-electron chi connectivity index (χ3n) is 5.03. The Morgan fingerprint density at radius 2 is 1.94 bits per heavy atom. The fourth-order valence-electron chi connectivity index (χ4n) is 3.26. The molecular weight excluding hydrogens is 400 g/mol. The minimum absolute atomic E-state index is 0.557. The number of ether oxygens (including phenoxy) is 2. The number of nitrogens with zero attached hydrogens (tertiary/aromatic N) is 3. The van der Waals surface area contributed by atoms with Gasteiger partial charge in [0.05, 0.1) is 25.1 Å². The van der Waals surface area contributed by atoms with E-state index in [2.05, 4.69) is 31.9 Å². The van der Waals surface area contributed by atoms with E-state index in [0.717, 1.165) is 46.3 Å². The van der Waals surface area contributed by atoms with Crippen molar-refractivity contribution in [3.63, 3.8) is 0 Å². The Labute approximate surface area is 187 Å². The topological polar surface area (TPSA) is 65.0 Å². The molecule has 3 heterocycles. The van der Waals surface area contributed by atoms with Crippen molar-refractivity contribution in [3.8, 4) is 11.5 Å². The highest BCUT2D eigenvalue weighted by Crippen LogP contribution is 2.26. The van der Waals surface area contributed by atoms with E-state index in [1.54, 1.807) is 13.3 Å². The second-order valence-electron chi connectivity index (χ2n) is 7.28.